The van der Waals surface area contributed by atoms with Gasteiger partial charge in [-0.2, -0.15) is 0 Å². The molecular weight excluding hydrogens is 404 g/mol. The minimum absolute atomic E-state index is 0.504. The van der Waals surface area contributed by atoms with Gasteiger partial charge in [0.2, 0.25) is 5.95 Å². The highest BCUT2D eigenvalue weighted by Crippen LogP contribution is 2.36. The number of nitrogens with zero attached hydrogens (tertiary/aromatic N) is 3. The first-order valence-electron chi connectivity index (χ1n) is 10.9. The Kier molecular flexibility index (Phi) is 5.48. The summed E-state index contributed by atoms with van der Waals surface area (Å²) in [5.74, 6) is 1.65. The molecule has 160 valence electrons. The van der Waals surface area contributed by atoms with Crippen LogP contribution in [-0.4, -0.2) is 28.8 Å². The molecule has 0 amide bonds. The number of hydrogen-bond donors (Lipinski definition) is 1. The van der Waals surface area contributed by atoms with Gasteiger partial charge in [0.05, 0.1) is 10.6 Å². The van der Waals surface area contributed by atoms with Gasteiger partial charge in [0.15, 0.2) is 0 Å². The van der Waals surface area contributed by atoms with Crippen LogP contribution in [0.3, 0.4) is 0 Å². The first-order chi connectivity index (χ1) is 15.1. The summed E-state index contributed by atoms with van der Waals surface area (Å²) in [5, 5.41) is 0. The van der Waals surface area contributed by atoms with Crippen molar-refractivity contribution in [3.8, 4) is 17.0 Å². The predicted molar refractivity (Wildman–Crippen MR) is 126 cm³/mol. The molecule has 1 aromatic heterocycles. The summed E-state index contributed by atoms with van der Waals surface area (Å²) in [6.07, 6.45) is 6.32. The molecular formula is C25H28N4OS. The lowest BCUT2D eigenvalue weighted by Crippen LogP contribution is -2.46. The second-order valence-corrected chi connectivity index (χ2v) is 9.89. The topological polar surface area (TPSA) is 62.1 Å². The van der Waals surface area contributed by atoms with E-state index in [2.05, 4.69) is 36.1 Å². The van der Waals surface area contributed by atoms with Gasteiger partial charge in [0.25, 0.3) is 0 Å². The van der Waals surface area contributed by atoms with Crippen molar-refractivity contribution in [1.29, 1.82) is 4.78 Å². The summed E-state index contributed by atoms with van der Waals surface area (Å²) in [4.78, 5) is 13.2. The second-order valence-electron chi connectivity index (χ2n) is 8.43. The Bertz CT molecular complexity index is 1130. The Hall–Kier alpha value is -2.73. The van der Waals surface area contributed by atoms with E-state index < -0.39 is 10.7 Å². The number of ether oxygens (including phenoxy) is 1. The van der Waals surface area contributed by atoms with Crippen molar-refractivity contribution >= 4 is 16.6 Å². The molecule has 2 atom stereocenters. The Morgan fingerprint density at radius 1 is 1.13 bits per heavy atom. The van der Waals surface area contributed by atoms with Gasteiger partial charge >= 0.3 is 0 Å². The van der Waals surface area contributed by atoms with Crippen LogP contribution in [0.25, 0.3) is 11.3 Å². The third kappa shape index (κ3) is 3.97. The highest BCUT2D eigenvalue weighted by molar-refractivity contribution is 7.85. The summed E-state index contributed by atoms with van der Waals surface area (Å²) in [6.45, 7) is 3.77. The summed E-state index contributed by atoms with van der Waals surface area (Å²) >= 11 is 0. The van der Waals surface area contributed by atoms with Crippen LogP contribution < -0.4 is 9.64 Å². The van der Waals surface area contributed by atoms with Crippen molar-refractivity contribution in [2.45, 2.75) is 50.2 Å². The molecule has 1 saturated heterocycles. The Balaban J connectivity index is 1.50. The molecule has 2 heterocycles. The lowest BCUT2D eigenvalue weighted by molar-refractivity contribution is 0.299. The molecule has 1 unspecified atom stereocenters. The average molecular weight is 433 g/mol. The van der Waals surface area contributed by atoms with Gasteiger partial charge in [-0.05, 0) is 62.6 Å². The molecule has 1 aliphatic heterocycles. The molecule has 0 radical (unpaired) electrons. The molecule has 2 aliphatic rings. The smallest absolute Gasteiger partial charge is 0.226 e. The van der Waals surface area contributed by atoms with E-state index in [1.165, 1.54) is 17.7 Å². The Morgan fingerprint density at radius 3 is 2.68 bits per heavy atom. The maximum Gasteiger partial charge on any atom is 0.226 e. The number of nitrogens with one attached hydrogen (secondary N) is 1. The van der Waals surface area contributed by atoms with Crippen molar-refractivity contribution in [2.75, 3.05) is 17.7 Å². The van der Waals surface area contributed by atoms with Crippen molar-refractivity contribution in [3.05, 3.63) is 65.4 Å². The van der Waals surface area contributed by atoms with E-state index in [9.17, 15) is 0 Å². The predicted octanol–water partition coefficient (Wildman–Crippen LogP) is 5.18. The third-order valence-corrected chi connectivity index (χ3v) is 7.26. The fourth-order valence-electron chi connectivity index (χ4n) is 4.35. The van der Waals surface area contributed by atoms with Crippen molar-refractivity contribution < 1.29 is 4.74 Å². The summed E-state index contributed by atoms with van der Waals surface area (Å²) < 4.78 is 14.6. The van der Waals surface area contributed by atoms with Crippen LogP contribution in [0.1, 0.15) is 36.6 Å². The van der Waals surface area contributed by atoms with E-state index in [1.807, 2.05) is 30.5 Å². The van der Waals surface area contributed by atoms with Gasteiger partial charge in [-0.3, -0.25) is 4.78 Å². The van der Waals surface area contributed by atoms with E-state index in [-0.39, 0.29) is 0 Å². The van der Waals surface area contributed by atoms with Crippen LogP contribution in [0.5, 0.6) is 5.75 Å². The van der Waals surface area contributed by atoms with Gasteiger partial charge in [0, 0.05) is 29.4 Å². The standard InChI is InChI=1S/C25H28N4OS/c1-17-13-14-29(17)25-27-21-10-6-9-20(21)24(28-25)19-11-12-22(23(15-19)31(2)26)30-16-18-7-4-3-5-8-18/h3-5,7-8,11-12,15,17,26H,6,9-10,13-14,16H2,1-2H3/t17-,31?/m0/s1. The number of fused-ring (bicyclic) bond motifs is 1. The van der Waals surface area contributed by atoms with E-state index in [4.69, 9.17) is 19.5 Å². The van der Waals surface area contributed by atoms with Crippen molar-refractivity contribution in [3.63, 3.8) is 0 Å². The van der Waals surface area contributed by atoms with Crippen LogP contribution in [0, 0.1) is 4.78 Å². The van der Waals surface area contributed by atoms with E-state index in [0.717, 1.165) is 59.2 Å². The molecule has 0 spiro atoms. The average Bonchev–Trinajstić information content (AvgIpc) is 3.25. The molecule has 31 heavy (non-hydrogen) atoms. The molecule has 3 aromatic rings. The highest BCUT2D eigenvalue weighted by atomic mass is 32.2. The summed E-state index contributed by atoms with van der Waals surface area (Å²) in [6, 6.07) is 16.9. The van der Waals surface area contributed by atoms with E-state index >= 15 is 0 Å². The molecule has 5 nitrogen and oxygen atoms in total. The molecule has 1 N–H and O–H groups in total. The number of aryl methyl sites for hydroxylation is 1. The molecule has 1 aliphatic carbocycles. The summed E-state index contributed by atoms with van der Waals surface area (Å²) in [7, 11) is -0.670. The normalized spacial score (nSPS) is 18.4. The minimum Gasteiger partial charge on any atom is -0.488 e. The fourth-order valence-corrected chi connectivity index (χ4v) is 5.08. The maximum atomic E-state index is 8.44. The number of rotatable bonds is 6. The number of aromatic nitrogens is 2. The van der Waals surface area contributed by atoms with Crippen molar-refractivity contribution in [2.24, 2.45) is 0 Å². The third-order valence-electron chi connectivity index (χ3n) is 6.28. The molecule has 5 rings (SSSR count). The van der Waals surface area contributed by atoms with Gasteiger partial charge < -0.3 is 9.64 Å². The van der Waals surface area contributed by atoms with Crippen LogP contribution in [0.2, 0.25) is 0 Å². The zero-order valence-corrected chi connectivity index (χ0v) is 18.9. The molecule has 0 bridgehead atoms. The number of anilines is 1. The van der Waals surface area contributed by atoms with Crippen LogP contribution in [0.15, 0.2) is 53.4 Å². The van der Waals surface area contributed by atoms with Gasteiger partial charge in [-0.1, -0.05) is 41.0 Å². The monoisotopic (exact) mass is 432 g/mol. The zero-order valence-electron chi connectivity index (χ0n) is 18.1. The van der Waals surface area contributed by atoms with Gasteiger partial charge in [-0.25, -0.2) is 9.97 Å². The largest absolute Gasteiger partial charge is 0.488 e. The molecule has 1 fully saturated rings. The Labute approximate surface area is 186 Å². The quantitative estimate of drug-likeness (QED) is 0.583. The molecule has 0 saturated carbocycles. The number of hydrogen-bond acceptors (Lipinski definition) is 5. The first kappa shape index (κ1) is 20.2. The van der Waals surface area contributed by atoms with Crippen LogP contribution in [0.4, 0.5) is 5.95 Å². The molecule has 6 heteroatoms. The van der Waals surface area contributed by atoms with Crippen LogP contribution in [-0.2, 0) is 30.1 Å². The van der Waals surface area contributed by atoms with Crippen LogP contribution >= 0.6 is 0 Å². The minimum atomic E-state index is -0.670. The van der Waals surface area contributed by atoms with Crippen molar-refractivity contribution in [1.82, 2.24) is 9.97 Å². The molecule has 2 aromatic carbocycles. The van der Waals surface area contributed by atoms with Gasteiger partial charge in [0.1, 0.15) is 12.4 Å². The summed E-state index contributed by atoms with van der Waals surface area (Å²) in [5.41, 5.74) is 5.72. The second kappa shape index (κ2) is 8.42. The van der Waals surface area contributed by atoms with E-state index in [0.29, 0.717) is 12.6 Å². The van der Waals surface area contributed by atoms with E-state index in [1.54, 1.807) is 0 Å². The SMILES string of the molecule is C[C@H]1CCN1c1nc2c(c(-c3ccc(OCc4ccccc4)c(S(C)=N)c3)n1)CCC2. The lowest BCUT2D eigenvalue weighted by atomic mass is 10.0. The number of benzene rings is 2. The maximum absolute atomic E-state index is 8.44. The first-order valence-corrected chi connectivity index (χ1v) is 12.6. The highest BCUT2D eigenvalue weighted by Gasteiger charge is 2.29. The van der Waals surface area contributed by atoms with Gasteiger partial charge in [-0.15, -0.1) is 0 Å². The zero-order chi connectivity index (χ0) is 21.4. The Morgan fingerprint density at radius 2 is 1.97 bits per heavy atom. The fraction of sp³-hybridized carbons (Fsp3) is 0.360. The lowest BCUT2D eigenvalue weighted by Gasteiger charge is -2.39.